The van der Waals surface area contributed by atoms with Crippen molar-refractivity contribution in [2.45, 2.75) is 19.4 Å². The van der Waals surface area contributed by atoms with Crippen LogP contribution in [0.3, 0.4) is 0 Å². The molecule has 0 radical (unpaired) electrons. The fraction of sp³-hybridized carbons (Fsp3) is 0.250. The first-order chi connectivity index (χ1) is 10.6. The van der Waals surface area contributed by atoms with Gasteiger partial charge in [-0.3, -0.25) is 9.59 Å². The summed E-state index contributed by atoms with van der Waals surface area (Å²) in [5.41, 5.74) is 1.56. The van der Waals surface area contributed by atoms with E-state index >= 15 is 0 Å². The SMILES string of the molecule is C[C@H](CCO)NC(=O)C(=O)Nc1cccc(-c2cccs2)c1. The van der Waals surface area contributed by atoms with Gasteiger partial charge in [-0.2, -0.15) is 0 Å². The zero-order valence-corrected chi connectivity index (χ0v) is 13.0. The van der Waals surface area contributed by atoms with Gasteiger partial charge in [-0.25, -0.2) is 0 Å². The Labute approximate surface area is 133 Å². The highest BCUT2D eigenvalue weighted by molar-refractivity contribution is 7.13. The van der Waals surface area contributed by atoms with Gasteiger partial charge >= 0.3 is 11.8 Å². The summed E-state index contributed by atoms with van der Waals surface area (Å²) in [6.07, 6.45) is 0.410. The Morgan fingerprint density at radius 3 is 2.73 bits per heavy atom. The maximum absolute atomic E-state index is 11.9. The van der Waals surface area contributed by atoms with Gasteiger partial charge in [0.15, 0.2) is 0 Å². The summed E-state index contributed by atoms with van der Waals surface area (Å²) in [7, 11) is 0. The van der Waals surface area contributed by atoms with Gasteiger partial charge in [-0.1, -0.05) is 18.2 Å². The molecule has 22 heavy (non-hydrogen) atoms. The predicted molar refractivity (Wildman–Crippen MR) is 87.7 cm³/mol. The molecule has 1 aromatic carbocycles. The number of hydrogen-bond acceptors (Lipinski definition) is 4. The molecule has 1 heterocycles. The molecule has 2 amide bonds. The highest BCUT2D eigenvalue weighted by atomic mass is 32.1. The summed E-state index contributed by atoms with van der Waals surface area (Å²) < 4.78 is 0. The van der Waals surface area contributed by atoms with Crippen molar-refractivity contribution in [1.82, 2.24) is 5.32 Å². The monoisotopic (exact) mass is 318 g/mol. The van der Waals surface area contributed by atoms with Crippen LogP contribution in [0, 0.1) is 0 Å². The first kappa shape index (κ1) is 16.2. The van der Waals surface area contributed by atoms with E-state index in [9.17, 15) is 9.59 Å². The number of anilines is 1. The number of nitrogens with one attached hydrogen (secondary N) is 2. The van der Waals surface area contributed by atoms with Gasteiger partial charge in [-0.15, -0.1) is 11.3 Å². The van der Waals surface area contributed by atoms with E-state index in [2.05, 4.69) is 10.6 Å². The highest BCUT2D eigenvalue weighted by Gasteiger charge is 2.16. The predicted octanol–water partition coefficient (Wildman–Crippen LogP) is 2.24. The fourth-order valence-corrected chi connectivity index (χ4v) is 2.66. The molecule has 2 aromatic rings. The van der Waals surface area contributed by atoms with Crippen LogP contribution in [0.5, 0.6) is 0 Å². The third-order valence-electron chi connectivity index (χ3n) is 3.07. The molecular weight excluding hydrogens is 300 g/mol. The molecule has 6 heteroatoms. The number of carbonyl (C=O) groups excluding carboxylic acids is 2. The molecule has 0 bridgehead atoms. The third kappa shape index (κ3) is 4.41. The number of rotatable bonds is 5. The largest absolute Gasteiger partial charge is 0.396 e. The Hall–Kier alpha value is -2.18. The average molecular weight is 318 g/mol. The summed E-state index contributed by atoms with van der Waals surface area (Å²) in [5, 5.41) is 15.9. The minimum atomic E-state index is -0.715. The van der Waals surface area contributed by atoms with Crippen molar-refractivity contribution in [3.05, 3.63) is 41.8 Å². The van der Waals surface area contributed by atoms with Crippen molar-refractivity contribution in [3.63, 3.8) is 0 Å². The van der Waals surface area contributed by atoms with E-state index in [1.165, 1.54) is 0 Å². The number of carbonyl (C=O) groups is 2. The van der Waals surface area contributed by atoms with Crippen LogP contribution in [0.2, 0.25) is 0 Å². The van der Waals surface area contributed by atoms with Crippen molar-refractivity contribution < 1.29 is 14.7 Å². The van der Waals surface area contributed by atoms with Crippen LogP contribution in [-0.2, 0) is 9.59 Å². The van der Waals surface area contributed by atoms with Gasteiger partial charge < -0.3 is 15.7 Å². The molecule has 1 atom stereocenters. The molecule has 0 fully saturated rings. The first-order valence-electron chi connectivity index (χ1n) is 6.97. The number of aliphatic hydroxyl groups excluding tert-OH is 1. The van der Waals surface area contributed by atoms with Gasteiger partial charge in [-0.05, 0) is 42.5 Å². The minimum absolute atomic E-state index is 0.0358. The van der Waals surface area contributed by atoms with E-state index in [0.717, 1.165) is 10.4 Å². The minimum Gasteiger partial charge on any atom is -0.396 e. The number of hydrogen-bond donors (Lipinski definition) is 3. The number of thiophene rings is 1. The van der Waals surface area contributed by atoms with E-state index in [0.29, 0.717) is 12.1 Å². The average Bonchev–Trinajstić information content (AvgIpc) is 3.02. The van der Waals surface area contributed by atoms with Crippen LogP contribution in [-0.4, -0.2) is 29.6 Å². The first-order valence-corrected chi connectivity index (χ1v) is 7.84. The molecule has 0 aliphatic carbocycles. The second-order valence-electron chi connectivity index (χ2n) is 4.90. The van der Waals surface area contributed by atoms with E-state index in [-0.39, 0.29) is 12.6 Å². The lowest BCUT2D eigenvalue weighted by atomic mass is 10.1. The fourth-order valence-electron chi connectivity index (χ4n) is 1.94. The number of aliphatic hydroxyl groups is 1. The van der Waals surface area contributed by atoms with E-state index in [1.807, 2.05) is 35.7 Å². The topological polar surface area (TPSA) is 78.4 Å². The Kier molecular flexibility index (Phi) is 5.68. The van der Waals surface area contributed by atoms with Crippen molar-refractivity contribution in [1.29, 1.82) is 0 Å². The third-order valence-corrected chi connectivity index (χ3v) is 3.99. The summed E-state index contributed by atoms with van der Waals surface area (Å²) in [4.78, 5) is 24.7. The second kappa shape index (κ2) is 7.72. The molecule has 5 nitrogen and oxygen atoms in total. The molecule has 2 rings (SSSR count). The van der Waals surface area contributed by atoms with Crippen LogP contribution < -0.4 is 10.6 Å². The highest BCUT2D eigenvalue weighted by Crippen LogP contribution is 2.26. The second-order valence-corrected chi connectivity index (χ2v) is 5.85. The van der Waals surface area contributed by atoms with Crippen molar-refractivity contribution in [3.8, 4) is 10.4 Å². The quantitative estimate of drug-likeness (QED) is 0.740. The van der Waals surface area contributed by atoms with Gasteiger partial charge in [0.25, 0.3) is 0 Å². The van der Waals surface area contributed by atoms with Crippen LogP contribution in [0.1, 0.15) is 13.3 Å². The van der Waals surface area contributed by atoms with Gasteiger partial charge in [0.1, 0.15) is 0 Å². The van der Waals surface area contributed by atoms with Crippen LogP contribution in [0.15, 0.2) is 41.8 Å². The summed E-state index contributed by atoms with van der Waals surface area (Å²) in [5.74, 6) is -1.42. The molecule has 0 spiro atoms. The van der Waals surface area contributed by atoms with Gasteiger partial charge in [0, 0.05) is 23.2 Å². The van der Waals surface area contributed by atoms with Crippen molar-refractivity contribution >= 4 is 28.8 Å². The van der Waals surface area contributed by atoms with Crippen LogP contribution in [0.25, 0.3) is 10.4 Å². The Morgan fingerprint density at radius 1 is 1.23 bits per heavy atom. The van der Waals surface area contributed by atoms with Crippen LogP contribution in [0.4, 0.5) is 5.69 Å². The Morgan fingerprint density at radius 2 is 2.05 bits per heavy atom. The zero-order chi connectivity index (χ0) is 15.9. The molecule has 1 aromatic heterocycles. The Balaban J connectivity index is 2.00. The lowest BCUT2D eigenvalue weighted by Crippen LogP contribution is -2.40. The zero-order valence-electron chi connectivity index (χ0n) is 12.2. The summed E-state index contributed by atoms with van der Waals surface area (Å²) in [6, 6.07) is 11.0. The molecule has 3 N–H and O–H groups in total. The van der Waals surface area contributed by atoms with Crippen molar-refractivity contribution in [2.75, 3.05) is 11.9 Å². The number of amides is 2. The molecular formula is C16H18N2O3S. The maximum atomic E-state index is 11.9. The maximum Gasteiger partial charge on any atom is 0.313 e. The van der Waals surface area contributed by atoms with Gasteiger partial charge in [0.2, 0.25) is 0 Å². The summed E-state index contributed by atoms with van der Waals surface area (Å²) >= 11 is 1.61. The lowest BCUT2D eigenvalue weighted by Gasteiger charge is -2.12. The normalized spacial score (nSPS) is 11.7. The van der Waals surface area contributed by atoms with Gasteiger partial charge in [0.05, 0.1) is 0 Å². The van der Waals surface area contributed by atoms with E-state index in [1.54, 1.807) is 24.3 Å². The standard InChI is InChI=1S/C16H18N2O3S/c1-11(7-8-19)17-15(20)16(21)18-13-5-2-4-12(10-13)14-6-3-9-22-14/h2-6,9-11,19H,7-8H2,1H3,(H,17,20)(H,18,21)/t11-/m1/s1. The molecule has 116 valence electrons. The van der Waals surface area contributed by atoms with Crippen molar-refractivity contribution in [2.24, 2.45) is 0 Å². The molecule has 0 saturated carbocycles. The molecule has 0 saturated heterocycles. The molecule has 0 unspecified atom stereocenters. The summed E-state index contributed by atoms with van der Waals surface area (Å²) in [6.45, 7) is 1.70. The van der Waals surface area contributed by atoms with Crippen LogP contribution >= 0.6 is 11.3 Å². The molecule has 0 aliphatic rings. The van der Waals surface area contributed by atoms with E-state index < -0.39 is 11.8 Å². The Bertz CT molecular complexity index is 641. The number of benzene rings is 1. The molecule has 0 aliphatic heterocycles. The van der Waals surface area contributed by atoms with E-state index in [4.69, 9.17) is 5.11 Å². The lowest BCUT2D eigenvalue weighted by molar-refractivity contribution is -0.136. The smallest absolute Gasteiger partial charge is 0.313 e.